The van der Waals surface area contributed by atoms with E-state index in [9.17, 15) is 9.59 Å². The lowest BCUT2D eigenvalue weighted by Crippen LogP contribution is -2.42. The Bertz CT molecular complexity index is 312. The Kier molecular flexibility index (Phi) is 6.45. The molecule has 0 heterocycles. The lowest BCUT2D eigenvalue weighted by Gasteiger charge is -2.04. The van der Waals surface area contributed by atoms with Crippen molar-refractivity contribution in [1.82, 2.24) is 16.0 Å². The van der Waals surface area contributed by atoms with Crippen LogP contribution < -0.4 is 21.7 Å². The van der Waals surface area contributed by atoms with Gasteiger partial charge in [-0.25, -0.2) is 4.79 Å². The number of carbonyl (C=O) groups is 2. The summed E-state index contributed by atoms with van der Waals surface area (Å²) in [6.07, 6.45) is 0.186. The minimum Gasteiger partial charge on any atom is -0.386 e. The van der Waals surface area contributed by atoms with E-state index in [4.69, 9.17) is 11.1 Å². The number of guanidine groups is 1. The van der Waals surface area contributed by atoms with Crippen LogP contribution in [-0.4, -0.2) is 37.3 Å². The molecule has 0 saturated heterocycles. The summed E-state index contributed by atoms with van der Waals surface area (Å²) in [5.41, 5.74) is 5.40. The van der Waals surface area contributed by atoms with Crippen molar-refractivity contribution in [2.24, 2.45) is 10.7 Å². The van der Waals surface area contributed by atoms with E-state index in [0.29, 0.717) is 6.54 Å². The molecular formula is C8H16N6O2. The molecule has 6 N–H and O–H groups in total. The third-order valence-corrected chi connectivity index (χ3v) is 1.42. The largest absolute Gasteiger partial charge is 0.386 e. The summed E-state index contributed by atoms with van der Waals surface area (Å²) in [4.78, 5) is 25.4. The van der Waals surface area contributed by atoms with Crippen molar-refractivity contribution in [1.29, 1.82) is 5.41 Å². The van der Waals surface area contributed by atoms with Crippen molar-refractivity contribution in [3.05, 3.63) is 0 Å². The van der Waals surface area contributed by atoms with Gasteiger partial charge < -0.3 is 11.1 Å². The van der Waals surface area contributed by atoms with E-state index in [-0.39, 0.29) is 12.3 Å². The van der Waals surface area contributed by atoms with Crippen LogP contribution in [-0.2, 0) is 4.79 Å². The molecule has 8 heteroatoms. The molecule has 0 rings (SSSR count). The molecule has 16 heavy (non-hydrogen) atoms. The lowest BCUT2D eigenvalue weighted by atomic mass is 10.5. The zero-order chi connectivity index (χ0) is 12.6. The highest BCUT2D eigenvalue weighted by Crippen LogP contribution is 1.77. The zero-order valence-corrected chi connectivity index (χ0v) is 9.26. The van der Waals surface area contributed by atoms with Gasteiger partial charge in [-0.05, 0) is 7.05 Å². The number of urea groups is 1. The predicted octanol–water partition coefficient (Wildman–Crippen LogP) is -1.27. The number of hydrogen-bond donors (Lipinski definition) is 5. The number of carbonyl (C=O) groups excluding carboxylic acids is 2. The molecule has 0 unspecified atom stereocenters. The van der Waals surface area contributed by atoms with Crippen LogP contribution in [0.4, 0.5) is 4.79 Å². The van der Waals surface area contributed by atoms with Gasteiger partial charge in [0, 0.05) is 6.42 Å². The van der Waals surface area contributed by atoms with Gasteiger partial charge in [0.2, 0.25) is 11.9 Å². The summed E-state index contributed by atoms with van der Waals surface area (Å²) in [6.45, 7) is 1.91. The molecule has 0 aliphatic heterocycles. The molecule has 0 aromatic heterocycles. The fraction of sp³-hybridized carbons (Fsp3) is 0.500. The summed E-state index contributed by atoms with van der Waals surface area (Å²) in [6, 6.07) is -0.794. The summed E-state index contributed by atoms with van der Waals surface area (Å²) in [5.74, 6) is -0.693. The first-order valence-corrected chi connectivity index (χ1v) is 4.66. The normalized spacial score (nSPS) is 10.8. The van der Waals surface area contributed by atoms with E-state index in [0.717, 1.165) is 0 Å². The smallest absolute Gasteiger partial charge is 0.328 e. The van der Waals surface area contributed by atoms with Gasteiger partial charge in [0.15, 0.2) is 0 Å². The molecule has 0 aromatic carbocycles. The third-order valence-electron chi connectivity index (χ3n) is 1.42. The monoisotopic (exact) mass is 228 g/mol. The van der Waals surface area contributed by atoms with Gasteiger partial charge in [0.1, 0.15) is 5.84 Å². The van der Waals surface area contributed by atoms with E-state index in [2.05, 4.69) is 15.6 Å². The van der Waals surface area contributed by atoms with Crippen LogP contribution in [0, 0.1) is 5.41 Å². The number of amides is 3. The van der Waals surface area contributed by atoms with E-state index >= 15 is 0 Å². The molecule has 0 aliphatic carbocycles. The molecule has 3 amide bonds. The zero-order valence-electron chi connectivity index (χ0n) is 9.26. The van der Waals surface area contributed by atoms with E-state index in [1.165, 1.54) is 0 Å². The second kappa shape index (κ2) is 7.35. The molecule has 0 spiro atoms. The van der Waals surface area contributed by atoms with Crippen LogP contribution in [0.25, 0.3) is 0 Å². The average Bonchev–Trinajstić information content (AvgIpc) is 2.16. The average molecular weight is 228 g/mol. The molecule has 8 nitrogen and oxygen atoms in total. The maximum Gasteiger partial charge on any atom is 0.328 e. The molecule has 0 saturated carbocycles. The van der Waals surface area contributed by atoms with Crippen molar-refractivity contribution in [2.75, 3.05) is 13.6 Å². The maximum atomic E-state index is 11.1. The van der Waals surface area contributed by atoms with Crippen LogP contribution in [0.5, 0.6) is 0 Å². The Morgan fingerprint density at radius 1 is 1.38 bits per heavy atom. The molecule has 0 radical (unpaired) electrons. The van der Waals surface area contributed by atoms with Gasteiger partial charge >= 0.3 is 6.03 Å². The van der Waals surface area contributed by atoms with Crippen molar-refractivity contribution in [3.8, 4) is 0 Å². The number of imide groups is 1. The van der Waals surface area contributed by atoms with Crippen LogP contribution in [0.3, 0.4) is 0 Å². The summed E-state index contributed by atoms with van der Waals surface area (Å²) in [5, 5.41) is 14.0. The minimum atomic E-state index is -0.794. The van der Waals surface area contributed by atoms with E-state index in [1.54, 1.807) is 14.0 Å². The van der Waals surface area contributed by atoms with Crippen LogP contribution in [0.2, 0.25) is 0 Å². The molecule has 90 valence electrons. The standard InChI is InChI=1S/C8H16N6O2/c1-3-6(15)13-8(16)14-7(10)12-5(9)4-11-2/h11H,3-4H2,1-2H3,(H5,9,10,12,13,14,15,16). The Hall–Kier alpha value is -1.96. The number of rotatable bonds is 3. The minimum absolute atomic E-state index is 0.162. The van der Waals surface area contributed by atoms with Gasteiger partial charge in [-0.15, -0.1) is 0 Å². The van der Waals surface area contributed by atoms with Crippen molar-refractivity contribution in [2.45, 2.75) is 13.3 Å². The number of aliphatic imine (C=N–C) groups is 1. The van der Waals surface area contributed by atoms with Gasteiger partial charge in [0.05, 0.1) is 6.54 Å². The Labute approximate surface area is 93.2 Å². The molecule has 0 aromatic rings. The number of nitrogens with one attached hydrogen (secondary N) is 4. The fourth-order valence-corrected chi connectivity index (χ4v) is 0.746. The highest BCUT2D eigenvalue weighted by Gasteiger charge is 2.06. The van der Waals surface area contributed by atoms with Gasteiger partial charge in [0.25, 0.3) is 0 Å². The third kappa shape index (κ3) is 6.49. The number of likely N-dealkylation sites (N-methyl/N-ethyl adjacent to an activating group) is 1. The lowest BCUT2D eigenvalue weighted by molar-refractivity contribution is -0.119. The molecule has 0 aliphatic rings. The quantitative estimate of drug-likeness (QED) is 0.304. The van der Waals surface area contributed by atoms with Gasteiger partial charge in [-0.1, -0.05) is 6.92 Å². The first-order valence-electron chi connectivity index (χ1n) is 4.66. The topological polar surface area (TPSA) is 132 Å². The maximum absolute atomic E-state index is 11.1. The first kappa shape index (κ1) is 14.0. The number of hydrogen-bond acceptors (Lipinski definition) is 4. The van der Waals surface area contributed by atoms with Crippen molar-refractivity contribution in [3.63, 3.8) is 0 Å². The van der Waals surface area contributed by atoms with Crippen molar-refractivity contribution >= 4 is 23.7 Å². The summed E-state index contributed by atoms with van der Waals surface area (Å²) in [7, 11) is 1.67. The SMILES string of the molecule is CCC(=O)NC(=O)NC(=N)N=C(N)CNC. The van der Waals surface area contributed by atoms with Crippen molar-refractivity contribution < 1.29 is 9.59 Å². The van der Waals surface area contributed by atoms with Gasteiger partial charge in [-0.2, -0.15) is 4.99 Å². The predicted molar refractivity (Wildman–Crippen MR) is 60.2 cm³/mol. The van der Waals surface area contributed by atoms with Crippen LogP contribution in [0.15, 0.2) is 4.99 Å². The highest BCUT2D eigenvalue weighted by atomic mass is 16.2. The molecular weight excluding hydrogens is 212 g/mol. The Morgan fingerprint density at radius 2 is 2.00 bits per heavy atom. The number of amidine groups is 1. The second-order valence-electron chi connectivity index (χ2n) is 2.84. The van der Waals surface area contributed by atoms with Crippen LogP contribution >= 0.6 is 0 Å². The Morgan fingerprint density at radius 3 is 2.50 bits per heavy atom. The Balaban J connectivity index is 4.10. The number of nitrogens with two attached hydrogens (primary N) is 1. The summed E-state index contributed by atoms with van der Waals surface area (Å²) < 4.78 is 0. The molecule has 0 fully saturated rings. The molecule has 0 atom stereocenters. The molecule has 0 bridgehead atoms. The summed E-state index contributed by atoms with van der Waals surface area (Å²) >= 11 is 0. The van der Waals surface area contributed by atoms with Crippen LogP contribution in [0.1, 0.15) is 13.3 Å². The second-order valence-corrected chi connectivity index (χ2v) is 2.84. The van der Waals surface area contributed by atoms with Gasteiger partial charge in [-0.3, -0.25) is 20.8 Å². The van der Waals surface area contributed by atoms with E-state index in [1.807, 2.05) is 5.32 Å². The highest BCUT2D eigenvalue weighted by molar-refractivity contribution is 6.05. The van der Waals surface area contributed by atoms with E-state index < -0.39 is 17.9 Å². The fourth-order valence-electron chi connectivity index (χ4n) is 0.746. The number of nitrogens with zero attached hydrogens (tertiary/aromatic N) is 1. The first-order chi connectivity index (χ1) is 7.49.